The summed E-state index contributed by atoms with van der Waals surface area (Å²) in [4.78, 5) is 33.5. The highest BCUT2D eigenvalue weighted by molar-refractivity contribution is 6.25. The van der Waals surface area contributed by atoms with Crippen LogP contribution in [0.2, 0.25) is 0 Å². The molecule has 1 amide bonds. The number of aliphatic imine (C=N–C) groups is 1. The predicted molar refractivity (Wildman–Crippen MR) is 143 cm³/mol. The summed E-state index contributed by atoms with van der Waals surface area (Å²) in [5, 5.41) is 0. The van der Waals surface area contributed by atoms with Crippen molar-refractivity contribution in [1.29, 1.82) is 0 Å². The van der Waals surface area contributed by atoms with Crippen LogP contribution >= 0.6 is 0 Å². The van der Waals surface area contributed by atoms with Crippen molar-refractivity contribution in [3.05, 3.63) is 105 Å². The third kappa shape index (κ3) is 4.86. The van der Waals surface area contributed by atoms with E-state index in [0.29, 0.717) is 33.7 Å². The summed E-state index contributed by atoms with van der Waals surface area (Å²) in [5.74, 6) is -3.92. The van der Waals surface area contributed by atoms with Gasteiger partial charge >= 0.3 is 11.9 Å². The highest BCUT2D eigenvalue weighted by atomic mass is 19.4. The van der Waals surface area contributed by atoms with E-state index in [2.05, 4.69) is 9.98 Å². The number of amides is 1. The van der Waals surface area contributed by atoms with Crippen LogP contribution in [-0.2, 0) is 11.0 Å². The number of fused-ring (bicyclic) bond motifs is 1. The molecule has 12 heteroatoms. The third-order valence-corrected chi connectivity index (χ3v) is 7.16. The molecule has 1 N–H and O–H groups in total. The molecule has 1 aromatic heterocycles. The van der Waals surface area contributed by atoms with Gasteiger partial charge in [-0.1, -0.05) is 18.2 Å². The van der Waals surface area contributed by atoms with Gasteiger partial charge in [0.25, 0.3) is 11.8 Å². The number of carbonyl (C=O) groups is 1. The van der Waals surface area contributed by atoms with Gasteiger partial charge in [0.15, 0.2) is 5.58 Å². The number of aromatic nitrogens is 1. The lowest BCUT2D eigenvalue weighted by molar-refractivity contribution is -0.137. The molecule has 7 nitrogen and oxygen atoms in total. The maximum absolute atomic E-state index is 14.3. The molecule has 0 saturated heterocycles. The van der Waals surface area contributed by atoms with Gasteiger partial charge in [0, 0.05) is 23.6 Å². The van der Waals surface area contributed by atoms with E-state index in [-0.39, 0.29) is 29.0 Å². The maximum Gasteiger partial charge on any atom is 0.417 e. The van der Waals surface area contributed by atoms with Crippen molar-refractivity contribution in [3.8, 4) is 11.5 Å². The Hall–Kier alpha value is -4.74. The van der Waals surface area contributed by atoms with E-state index in [1.54, 1.807) is 42.5 Å². The number of hydrogen-bond acceptors (Lipinski definition) is 5. The van der Waals surface area contributed by atoms with Crippen molar-refractivity contribution in [1.82, 2.24) is 9.88 Å². The van der Waals surface area contributed by atoms with Crippen LogP contribution in [0.15, 0.2) is 86.0 Å². The molecule has 0 radical (unpaired) electrons. The molecule has 1 unspecified atom stereocenters. The zero-order chi connectivity index (χ0) is 30.0. The molecule has 3 heterocycles. The third-order valence-electron chi connectivity index (χ3n) is 7.16. The van der Waals surface area contributed by atoms with Crippen molar-refractivity contribution in [2.45, 2.75) is 32.0 Å². The molecule has 0 fully saturated rings. The van der Waals surface area contributed by atoms with E-state index in [1.807, 2.05) is 0 Å². The molecule has 0 aliphatic carbocycles. The number of nitrogens with zero attached hydrogens (tertiary/aromatic N) is 2. The Morgan fingerprint density at radius 1 is 1.05 bits per heavy atom. The fourth-order valence-electron chi connectivity index (χ4n) is 5.38. The minimum Gasteiger partial charge on any atom is -0.457 e. The van der Waals surface area contributed by atoms with Crippen molar-refractivity contribution in [2.75, 3.05) is 13.1 Å². The average Bonchev–Trinajstić information content (AvgIpc) is 3.58. The smallest absolute Gasteiger partial charge is 0.417 e. The van der Waals surface area contributed by atoms with Crippen molar-refractivity contribution in [3.63, 3.8) is 0 Å². The van der Waals surface area contributed by atoms with E-state index in [4.69, 9.17) is 9.15 Å². The van der Waals surface area contributed by atoms with Gasteiger partial charge in [-0.15, -0.1) is 0 Å². The lowest BCUT2D eigenvalue weighted by Gasteiger charge is -2.30. The molecule has 0 saturated carbocycles. The number of aromatic amines is 1. The first kappa shape index (κ1) is 27.4. The number of carbonyl (C=O) groups excluding carboxylic acids is 1. The molecule has 2 aliphatic rings. The molecule has 6 rings (SSSR count). The standard InChI is InChI=1S/C30H22F5N3O4/c1-15-12-17(30(33,34)35)8-11-22(15)41-18-9-6-16(7-10-18)25-23-20(27(39)38(25)14-29(2,31)32)13-36-24(23)19-4-3-5-21-26(19)42-28(40)37-21/h3-12,25H,13-14H2,1-2H3,(H,37,40). The number of aryl methyl sites for hydroxylation is 1. The number of H-pyrrole nitrogens is 1. The number of benzene rings is 3. The van der Waals surface area contributed by atoms with Crippen LogP contribution in [0, 0.1) is 6.92 Å². The Labute approximate surface area is 234 Å². The number of rotatable bonds is 6. The van der Waals surface area contributed by atoms with Crippen molar-refractivity contribution >= 4 is 22.7 Å². The highest BCUT2D eigenvalue weighted by Gasteiger charge is 2.47. The molecule has 3 aromatic carbocycles. The lowest BCUT2D eigenvalue weighted by Crippen LogP contribution is -2.40. The van der Waals surface area contributed by atoms with Crippen LogP contribution in [0.25, 0.3) is 11.1 Å². The summed E-state index contributed by atoms with van der Waals surface area (Å²) in [6.45, 7) is 1.36. The van der Waals surface area contributed by atoms with Gasteiger partial charge in [0.2, 0.25) is 0 Å². The normalized spacial score (nSPS) is 17.3. The first-order chi connectivity index (χ1) is 19.8. The van der Waals surface area contributed by atoms with Crippen LogP contribution in [0.4, 0.5) is 22.0 Å². The van der Waals surface area contributed by atoms with Gasteiger partial charge in [0.05, 0.1) is 35.9 Å². The maximum atomic E-state index is 14.3. The number of nitrogens with one attached hydrogen (secondary N) is 1. The molecule has 42 heavy (non-hydrogen) atoms. The monoisotopic (exact) mass is 583 g/mol. The zero-order valence-electron chi connectivity index (χ0n) is 22.2. The molecule has 1 atom stereocenters. The van der Waals surface area contributed by atoms with Gasteiger partial charge < -0.3 is 14.1 Å². The molecular formula is C30H22F5N3O4. The summed E-state index contributed by atoms with van der Waals surface area (Å²) in [5.41, 5.74) is 2.14. The first-order valence-electron chi connectivity index (χ1n) is 12.8. The summed E-state index contributed by atoms with van der Waals surface area (Å²) < 4.78 is 78.9. The van der Waals surface area contributed by atoms with E-state index < -0.39 is 41.9 Å². The number of halogens is 5. The van der Waals surface area contributed by atoms with E-state index >= 15 is 0 Å². The van der Waals surface area contributed by atoms with Crippen LogP contribution in [0.3, 0.4) is 0 Å². The first-order valence-corrected chi connectivity index (χ1v) is 12.8. The molecule has 4 aromatic rings. The summed E-state index contributed by atoms with van der Waals surface area (Å²) in [7, 11) is 0. The molecule has 0 bridgehead atoms. The lowest BCUT2D eigenvalue weighted by atomic mass is 9.91. The minimum atomic E-state index is -4.49. The van der Waals surface area contributed by atoms with Gasteiger partial charge in [0.1, 0.15) is 11.5 Å². The second kappa shape index (κ2) is 9.68. The van der Waals surface area contributed by atoms with Crippen LogP contribution in [0.5, 0.6) is 11.5 Å². The van der Waals surface area contributed by atoms with E-state index in [9.17, 15) is 31.5 Å². The van der Waals surface area contributed by atoms with Crippen molar-refractivity contribution < 1.29 is 35.9 Å². The van der Waals surface area contributed by atoms with Crippen LogP contribution in [-0.4, -0.2) is 40.5 Å². The number of oxazole rings is 1. The number of para-hydroxylation sites is 1. The van der Waals surface area contributed by atoms with Gasteiger partial charge in [-0.25, -0.2) is 13.6 Å². The summed E-state index contributed by atoms with van der Waals surface area (Å²) in [6, 6.07) is 13.5. The molecule has 216 valence electrons. The SMILES string of the molecule is Cc1cc(C(F)(F)F)ccc1Oc1ccc(C2C3=C(CN=C3c3cccc4[nH]c(=O)oc34)C(=O)N2CC(C)(F)F)cc1. The van der Waals surface area contributed by atoms with Crippen LogP contribution in [0.1, 0.15) is 35.2 Å². The average molecular weight is 584 g/mol. The predicted octanol–water partition coefficient (Wildman–Crippen LogP) is 6.58. The second-order valence-corrected chi connectivity index (χ2v) is 10.3. The zero-order valence-corrected chi connectivity index (χ0v) is 22.2. The largest absolute Gasteiger partial charge is 0.457 e. The Morgan fingerprint density at radius 3 is 2.45 bits per heavy atom. The van der Waals surface area contributed by atoms with Crippen molar-refractivity contribution in [2.24, 2.45) is 4.99 Å². The number of alkyl halides is 5. The second-order valence-electron chi connectivity index (χ2n) is 10.3. The Kier molecular flexibility index (Phi) is 6.32. The molecule has 0 spiro atoms. The molecule has 2 aliphatic heterocycles. The molecular weight excluding hydrogens is 561 g/mol. The quantitative estimate of drug-likeness (QED) is 0.260. The van der Waals surface area contributed by atoms with E-state index in [1.165, 1.54) is 13.0 Å². The number of hydrogen-bond donors (Lipinski definition) is 1. The summed E-state index contributed by atoms with van der Waals surface area (Å²) in [6.07, 6.45) is -4.49. The highest BCUT2D eigenvalue weighted by Crippen LogP contribution is 2.45. The van der Waals surface area contributed by atoms with Gasteiger partial charge in [-0.2, -0.15) is 13.2 Å². The van der Waals surface area contributed by atoms with Gasteiger partial charge in [-0.05, 0) is 60.5 Å². The van der Waals surface area contributed by atoms with E-state index in [0.717, 1.165) is 24.0 Å². The Balaban J connectivity index is 1.37. The van der Waals surface area contributed by atoms with Crippen LogP contribution < -0.4 is 10.5 Å². The fourth-order valence-corrected chi connectivity index (χ4v) is 5.38. The minimum absolute atomic E-state index is 0.0226. The Morgan fingerprint density at radius 2 is 1.79 bits per heavy atom. The topological polar surface area (TPSA) is 87.9 Å². The fraction of sp³-hybridized carbons (Fsp3) is 0.233. The van der Waals surface area contributed by atoms with Gasteiger partial charge in [-0.3, -0.25) is 14.8 Å². The Bertz CT molecular complexity index is 1850. The number of ether oxygens (including phenoxy) is 1. The summed E-state index contributed by atoms with van der Waals surface area (Å²) >= 11 is 0.